The first kappa shape index (κ1) is 21.3. The highest BCUT2D eigenvalue weighted by Gasteiger charge is 2.28. The van der Waals surface area contributed by atoms with Crippen molar-refractivity contribution < 1.29 is 4.55 Å². The number of nitrogens with zero attached hydrogens (tertiary/aromatic N) is 5. The van der Waals surface area contributed by atoms with Crippen LogP contribution in [0.25, 0.3) is 11.0 Å². The van der Waals surface area contributed by atoms with Crippen molar-refractivity contribution in [3.05, 3.63) is 64.3 Å². The molecule has 0 saturated heterocycles. The van der Waals surface area contributed by atoms with E-state index in [1.165, 1.54) is 11.1 Å². The van der Waals surface area contributed by atoms with Gasteiger partial charge in [0, 0.05) is 18.7 Å². The number of hydrogen-bond donors (Lipinski definition) is 0. The Morgan fingerprint density at radius 1 is 1.16 bits per heavy atom. The maximum Gasteiger partial charge on any atom is 0.183 e. The molecule has 0 spiro atoms. The Hall–Kier alpha value is -2.95. The lowest BCUT2D eigenvalue weighted by Crippen LogP contribution is -2.26. The van der Waals surface area contributed by atoms with Crippen molar-refractivity contribution in [3.63, 3.8) is 0 Å². The second-order valence-corrected chi connectivity index (χ2v) is 10.8. The van der Waals surface area contributed by atoms with Gasteiger partial charge in [-0.2, -0.15) is 5.26 Å². The number of rotatable bonds is 3. The molecule has 0 radical (unpaired) electrons. The second kappa shape index (κ2) is 7.95. The van der Waals surface area contributed by atoms with E-state index < -0.39 is 16.1 Å². The molecular formula is C24H25N5OS. The number of nitriles is 1. The molecule has 0 amide bonds. The molecule has 6 nitrogen and oxygen atoms in total. The number of aromatic nitrogens is 2. The summed E-state index contributed by atoms with van der Waals surface area (Å²) in [7, 11) is 0. The van der Waals surface area contributed by atoms with E-state index in [1.54, 1.807) is 0 Å². The lowest BCUT2D eigenvalue weighted by molar-refractivity contribution is 0.561. The van der Waals surface area contributed by atoms with Gasteiger partial charge in [0.25, 0.3) is 0 Å². The molecule has 31 heavy (non-hydrogen) atoms. The van der Waals surface area contributed by atoms with E-state index in [2.05, 4.69) is 32.5 Å². The minimum absolute atomic E-state index is 0.310. The van der Waals surface area contributed by atoms with Crippen molar-refractivity contribution in [1.82, 2.24) is 9.97 Å². The van der Waals surface area contributed by atoms with Gasteiger partial charge >= 0.3 is 0 Å². The van der Waals surface area contributed by atoms with Crippen LogP contribution in [0.2, 0.25) is 0 Å². The van der Waals surface area contributed by atoms with Gasteiger partial charge in [0.1, 0.15) is 27.7 Å². The van der Waals surface area contributed by atoms with Crippen LogP contribution < -0.4 is 4.90 Å². The standard InChI is InChI=1S/C24H25N5OS/c1-15-10-19(16(2)28-31(30)24(3,4)5)22-20(11-15)26-21(12-25)23(27-22)29-13-17-8-6-7-9-18(17)14-29/h6-11H,13-14H2,1-5H3/t31-/m1/s1. The molecule has 1 atom stereocenters. The summed E-state index contributed by atoms with van der Waals surface area (Å²) in [6.45, 7) is 10.9. The summed E-state index contributed by atoms with van der Waals surface area (Å²) in [5.74, 6) is 0.570. The third-order valence-corrected chi connectivity index (χ3v) is 6.76. The van der Waals surface area contributed by atoms with Crippen LogP contribution in [0.4, 0.5) is 5.82 Å². The van der Waals surface area contributed by atoms with Crippen molar-refractivity contribution in [2.24, 2.45) is 4.40 Å². The van der Waals surface area contributed by atoms with Crippen molar-refractivity contribution in [3.8, 4) is 6.07 Å². The van der Waals surface area contributed by atoms with E-state index in [0.29, 0.717) is 41.3 Å². The van der Waals surface area contributed by atoms with Gasteiger partial charge in [0.15, 0.2) is 11.5 Å². The van der Waals surface area contributed by atoms with Crippen LogP contribution in [0.1, 0.15) is 55.6 Å². The van der Waals surface area contributed by atoms with Gasteiger partial charge in [0.2, 0.25) is 0 Å². The molecule has 1 aliphatic rings. The Bertz CT molecular complexity index is 1210. The molecule has 7 heteroatoms. The van der Waals surface area contributed by atoms with Crippen LogP contribution in [-0.4, -0.2) is 25.0 Å². The first-order valence-electron chi connectivity index (χ1n) is 10.2. The van der Waals surface area contributed by atoms with Crippen LogP contribution in [0, 0.1) is 18.3 Å². The average Bonchev–Trinajstić information content (AvgIpc) is 3.15. The first-order chi connectivity index (χ1) is 14.7. The largest absolute Gasteiger partial charge is 0.591 e. The topological polar surface area (TPSA) is 88.2 Å². The highest BCUT2D eigenvalue weighted by atomic mass is 32.2. The van der Waals surface area contributed by atoms with E-state index >= 15 is 0 Å². The summed E-state index contributed by atoms with van der Waals surface area (Å²) < 4.78 is 16.6. The van der Waals surface area contributed by atoms with Crippen LogP contribution in [0.15, 0.2) is 40.8 Å². The molecule has 0 N–H and O–H groups in total. The molecule has 0 unspecified atom stereocenters. The minimum Gasteiger partial charge on any atom is -0.591 e. The van der Waals surface area contributed by atoms with E-state index in [9.17, 15) is 9.81 Å². The summed E-state index contributed by atoms with van der Waals surface area (Å²) >= 11 is -1.38. The van der Waals surface area contributed by atoms with E-state index in [4.69, 9.17) is 4.98 Å². The average molecular weight is 432 g/mol. The lowest BCUT2D eigenvalue weighted by Gasteiger charge is -2.20. The summed E-state index contributed by atoms with van der Waals surface area (Å²) in [4.78, 5) is 11.6. The molecule has 2 heterocycles. The maximum absolute atomic E-state index is 12.6. The molecule has 0 fully saturated rings. The van der Waals surface area contributed by atoms with Crippen molar-refractivity contribution >= 4 is 33.9 Å². The fourth-order valence-corrected chi connectivity index (χ4v) is 4.28. The fraction of sp³-hybridized carbons (Fsp3) is 0.333. The van der Waals surface area contributed by atoms with Gasteiger partial charge in [-0.1, -0.05) is 28.7 Å². The summed E-state index contributed by atoms with van der Waals surface area (Å²) in [5, 5.41) is 9.77. The molecule has 158 valence electrons. The predicted molar refractivity (Wildman–Crippen MR) is 125 cm³/mol. The number of anilines is 1. The number of fused-ring (bicyclic) bond motifs is 2. The summed E-state index contributed by atoms with van der Waals surface area (Å²) in [5.41, 5.74) is 6.51. The zero-order valence-corrected chi connectivity index (χ0v) is 19.2. The Morgan fingerprint density at radius 3 is 2.39 bits per heavy atom. The highest BCUT2D eigenvalue weighted by molar-refractivity contribution is 7.91. The summed E-state index contributed by atoms with van der Waals surface area (Å²) in [6, 6.07) is 14.4. The Balaban J connectivity index is 1.85. The lowest BCUT2D eigenvalue weighted by atomic mass is 10.1. The molecule has 4 rings (SSSR count). The quantitative estimate of drug-likeness (QED) is 0.447. The van der Waals surface area contributed by atoms with Crippen molar-refractivity contribution in [2.75, 3.05) is 4.90 Å². The molecule has 3 aromatic rings. The monoisotopic (exact) mass is 431 g/mol. The second-order valence-electron chi connectivity index (χ2n) is 8.85. The van der Waals surface area contributed by atoms with E-state index in [-0.39, 0.29) is 0 Å². The highest BCUT2D eigenvalue weighted by Crippen LogP contribution is 2.31. The smallest absolute Gasteiger partial charge is 0.183 e. The van der Waals surface area contributed by atoms with Gasteiger partial charge < -0.3 is 9.45 Å². The van der Waals surface area contributed by atoms with Crippen LogP contribution >= 0.6 is 0 Å². The zero-order chi connectivity index (χ0) is 22.3. The fourth-order valence-electron chi connectivity index (χ4n) is 3.66. The minimum atomic E-state index is -1.38. The number of aryl methyl sites for hydroxylation is 1. The van der Waals surface area contributed by atoms with Gasteiger partial charge in [-0.05, 0) is 63.4 Å². The predicted octanol–water partition coefficient (Wildman–Crippen LogP) is 4.60. The molecular weight excluding hydrogens is 406 g/mol. The molecule has 1 aromatic heterocycles. The molecule has 2 aromatic carbocycles. The van der Waals surface area contributed by atoms with Gasteiger partial charge in [0.05, 0.1) is 11.2 Å². The normalized spacial score (nSPS) is 15.1. The summed E-state index contributed by atoms with van der Waals surface area (Å²) in [6.07, 6.45) is 0. The third kappa shape index (κ3) is 4.14. The third-order valence-electron chi connectivity index (χ3n) is 5.28. The first-order valence-corrected chi connectivity index (χ1v) is 11.3. The zero-order valence-electron chi connectivity index (χ0n) is 18.4. The molecule has 0 aliphatic carbocycles. The van der Waals surface area contributed by atoms with Crippen LogP contribution in [-0.2, 0) is 24.5 Å². The van der Waals surface area contributed by atoms with E-state index in [0.717, 1.165) is 11.1 Å². The Labute approximate surface area is 186 Å². The number of benzene rings is 2. The maximum atomic E-state index is 12.6. The molecule has 1 aliphatic heterocycles. The van der Waals surface area contributed by atoms with Crippen LogP contribution in [0.5, 0.6) is 0 Å². The van der Waals surface area contributed by atoms with Crippen molar-refractivity contribution in [1.29, 1.82) is 5.26 Å². The SMILES string of the molecule is CC(=N[S@+]([O-])C(C)(C)C)c1cc(C)cc2nc(C#N)c(N3Cc4ccccc4C3)nc12. The molecule has 0 bridgehead atoms. The van der Waals surface area contributed by atoms with E-state index in [1.807, 2.05) is 58.9 Å². The number of hydrogen-bond acceptors (Lipinski definition) is 6. The Morgan fingerprint density at radius 2 is 1.81 bits per heavy atom. The Kier molecular flexibility index (Phi) is 5.46. The van der Waals surface area contributed by atoms with Gasteiger partial charge in [-0.15, -0.1) is 0 Å². The van der Waals surface area contributed by atoms with Crippen LogP contribution in [0.3, 0.4) is 0 Å². The van der Waals surface area contributed by atoms with Gasteiger partial charge in [-0.3, -0.25) is 0 Å². The van der Waals surface area contributed by atoms with Crippen molar-refractivity contribution in [2.45, 2.75) is 52.5 Å². The van der Waals surface area contributed by atoms with Gasteiger partial charge in [-0.25, -0.2) is 9.97 Å². The molecule has 0 saturated carbocycles.